The van der Waals surface area contributed by atoms with Crippen LogP contribution in [0.15, 0.2) is 55.1 Å². The van der Waals surface area contributed by atoms with Gasteiger partial charge in [0.2, 0.25) is 0 Å². The molecule has 5 heteroatoms. The van der Waals surface area contributed by atoms with E-state index in [0.717, 1.165) is 18.7 Å². The molecule has 1 aliphatic rings. The van der Waals surface area contributed by atoms with E-state index >= 15 is 0 Å². The summed E-state index contributed by atoms with van der Waals surface area (Å²) in [4.78, 5) is 7.11. The zero-order chi connectivity index (χ0) is 17.8. The number of piperidine rings is 1. The lowest BCUT2D eigenvalue weighted by Gasteiger charge is -2.35. The molecule has 0 bridgehead atoms. The normalized spacial score (nSPS) is 18.3. The Hall–Kier alpha value is -2.40. The van der Waals surface area contributed by atoms with Crippen molar-refractivity contribution in [2.24, 2.45) is 7.05 Å². The first-order valence-corrected chi connectivity index (χ1v) is 9.59. The maximum atomic E-state index is 4.55. The second-order valence-electron chi connectivity index (χ2n) is 7.24. The van der Waals surface area contributed by atoms with Crippen molar-refractivity contribution in [1.82, 2.24) is 24.2 Å². The Morgan fingerprint density at radius 3 is 2.85 bits per heavy atom. The van der Waals surface area contributed by atoms with E-state index in [9.17, 15) is 0 Å². The molecule has 0 N–H and O–H groups in total. The number of benzene rings is 1. The fourth-order valence-corrected chi connectivity index (χ4v) is 3.93. The van der Waals surface area contributed by atoms with Gasteiger partial charge < -0.3 is 4.57 Å². The van der Waals surface area contributed by atoms with Gasteiger partial charge >= 0.3 is 0 Å². The Morgan fingerprint density at radius 2 is 2.04 bits per heavy atom. The highest BCUT2D eigenvalue weighted by molar-refractivity contribution is 5.30. The fraction of sp³-hybridized carbons (Fsp3) is 0.429. The number of likely N-dealkylation sites (tertiary alicyclic amines) is 1. The number of nitrogens with zero attached hydrogens (tertiary/aromatic N) is 5. The monoisotopic (exact) mass is 349 g/mol. The van der Waals surface area contributed by atoms with Gasteiger partial charge in [0.05, 0.1) is 11.9 Å². The molecule has 136 valence electrons. The second-order valence-corrected chi connectivity index (χ2v) is 7.24. The molecule has 1 atom stereocenters. The summed E-state index contributed by atoms with van der Waals surface area (Å²) in [7, 11) is 2.08. The molecule has 2 aromatic heterocycles. The third kappa shape index (κ3) is 3.88. The Labute approximate surface area is 155 Å². The summed E-state index contributed by atoms with van der Waals surface area (Å²) in [6.45, 7) is 2.17. The standard InChI is InChI=1S/C21H27N5/c1-24-14-12-22-21(24)11-10-19-7-5-6-13-25(19)16-18-15-23-26(17-18)20-8-3-2-4-9-20/h2-4,8-9,12,14-15,17,19H,5-7,10-11,13,16H2,1H3. The van der Waals surface area contributed by atoms with Crippen LogP contribution in [0, 0.1) is 0 Å². The lowest BCUT2D eigenvalue weighted by Crippen LogP contribution is -2.39. The molecule has 0 saturated carbocycles. The summed E-state index contributed by atoms with van der Waals surface area (Å²) >= 11 is 0. The van der Waals surface area contributed by atoms with E-state index in [1.165, 1.54) is 43.6 Å². The van der Waals surface area contributed by atoms with Gasteiger partial charge in [-0.25, -0.2) is 9.67 Å². The van der Waals surface area contributed by atoms with E-state index in [4.69, 9.17) is 0 Å². The Kier molecular flexibility index (Phi) is 5.16. The zero-order valence-electron chi connectivity index (χ0n) is 15.5. The molecule has 1 saturated heterocycles. The van der Waals surface area contributed by atoms with Gasteiger partial charge in [-0.05, 0) is 37.9 Å². The lowest BCUT2D eigenvalue weighted by atomic mass is 9.97. The molecule has 0 aliphatic carbocycles. The van der Waals surface area contributed by atoms with Crippen LogP contribution in [0.3, 0.4) is 0 Å². The molecule has 0 amide bonds. The molecule has 1 unspecified atom stereocenters. The summed E-state index contributed by atoms with van der Waals surface area (Å²) in [5, 5.41) is 4.55. The molecule has 3 aromatic rings. The van der Waals surface area contributed by atoms with Crippen LogP contribution in [0.25, 0.3) is 5.69 Å². The number of rotatable bonds is 6. The van der Waals surface area contributed by atoms with Crippen molar-refractivity contribution in [3.8, 4) is 5.69 Å². The topological polar surface area (TPSA) is 38.9 Å². The Balaban J connectivity index is 1.40. The van der Waals surface area contributed by atoms with Crippen LogP contribution < -0.4 is 0 Å². The predicted octanol–water partition coefficient (Wildman–Crippen LogP) is 3.59. The highest BCUT2D eigenvalue weighted by Crippen LogP contribution is 2.23. The zero-order valence-corrected chi connectivity index (χ0v) is 15.5. The molecule has 1 aliphatic heterocycles. The summed E-state index contributed by atoms with van der Waals surface area (Å²) < 4.78 is 4.11. The smallest absolute Gasteiger partial charge is 0.108 e. The molecule has 0 spiro atoms. The minimum atomic E-state index is 0.639. The SMILES string of the molecule is Cn1ccnc1CCC1CCCCN1Cc1cnn(-c2ccccc2)c1. The highest BCUT2D eigenvalue weighted by Gasteiger charge is 2.23. The molecule has 5 nitrogen and oxygen atoms in total. The van der Waals surface area contributed by atoms with Gasteiger partial charge in [-0.2, -0.15) is 5.10 Å². The minimum Gasteiger partial charge on any atom is -0.338 e. The number of imidazole rings is 1. The summed E-state index contributed by atoms with van der Waals surface area (Å²) in [5.41, 5.74) is 2.40. The maximum Gasteiger partial charge on any atom is 0.108 e. The molecule has 4 rings (SSSR count). The Morgan fingerprint density at radius 1 is 1.15 bits per heavy atom. The highest BCUT2D eigenvalue weighted by atomic mass is 15.3. The first-order valence-electron chi connectivity index (χ1n) is 9.59. The number of para-hydroxylation sites is 1. The van der Waals surface area contributed by atoms with Crippen molar-refractivity contribution in [1.29, 1.82) is 0 Å². The van der Waals surface area contributed by atoms with Crippen molar-refractivity contribution in [3.05, 3.63) is 66.5 Å². The van der Waals surface area contributed by atoms with Crippen molar-refractivity contribution < 1.29 is 0 Å². The average Bonchev–Trinajstić information content (AvgIpc) is 3.31. The van der Waals surface area contributed by atoms with Crippen molar-refractivity contribution >= 4 is 0 Å². The van der Waals surface area contributed by atoms with Crippen LogP contribution in [0.2, 0.25) is 0 Å². The third-order valence-electron chi connectivity index (χ3n) is 5.41. The largest absolute Gasteiger partial charge is 0.338 e. The van der Waals surface area contributed by atoms with E-state index in [0.29, 0.717) is 6.04 Å². The third-order valence-corrected chi connectivity index (χ3v) is 5.41. The quantitative estimate of drug-likeness (QED) is 0.683. The second kappa shape index (κ2) is 7.87. The van der Waals surface area contributed by atoms with E-state index in [2.05, 4.69) is 57.1 Å². The summed E-state index contributed by atoms with van der Waals surface area (Å²) in [5.74, 6) is 1.19. The lowest BCUT2D eigenvalue weighted by molar-refractivity contribution is 0.132. The van der Waals surface area contributed by atoms with Crippen molar-refractivity contribution in [3.63, 3.8) is 0 Å². The molecular formula is C21H27N5. The number of aromatic nitrogens is 4. The average molecular weight is 349 g/mol. The van der Waals surface area contributed by atoms with Crippen LogP contribution in [-0.2, 0) is 20.0 Å². The number of hydrogen-bond acceptors (Lipinski definition) is 3. The fourth-order valence-electron chi connectivity index (χ4n) is 3.93. The van der Waals surface area contributed by atoms with Gasteiger partial charge in [0, 0.05) is 50.2 Å². The van der Waals surface area contributed by atoms with Gasteiger partial charge in [0.15, 0.2) is 0 Å². The van der Waals surface area contributed by atoms with Gasteiger partial charge in [-0.3, -0.25) is 4.90 Å². The molecule has 1 fully saturated rings. The molecule has 0 radical (unpaired) electrons. The van der Waals surface area contributed by atoms with Crippen LogP contribution in [0.4, 0.5) is 0 Å². The maximum absolute atomic E-state index is 4.55. The molecule has 26 heavy (non-hydrogen) atoms. The predicted molar refractivity (Wildman–Crippen MR) is 103 cm³/mol. The molecular weight excluding hydrogens is 322 g/mol. The first-order chi connectivity index (χ1) is 12.8. The van der Waals surface area contributed by atoms with Crippen molar-refractivity contribution in [2.75, 3.05) is 6.54 Å². The van der Waals surface area contributed by atoms with Crippen LogP contribution in [0.1, 0.15) is 37.1 Å². The summed E-state index contributed by atoms with van der Waals surface area (Å²) in [6.07, 6.45) is 14.3. The van der Waals surface area contributed by atoms with Crippen LogP contribution >= 0.6 is 0 Å². The van der Waals surface area contributed by atoms with Gasteiger partial charge in [0.25, 0.3) is 0 Å². The number of aryl methyl sites for hydroxylation is 2. The van der Waals surface area contributed by atoms with E-state index in [-0.39, 0.29) is 0 Å². The van der Waals surface area contributed by atoms with Crippen LogP contribution in [0.5, 0.6) is 0 Å². The van der Waals surface area contributed by atoms with E-state index in [1.54, 1.807) is 0 Å². The van der Waals surface area contributed by atoms with Gasteiger partial charge in [0.1, 0.15) is 5.82 Å². The van der Waals surface area contributed by atoms with Crippen LogP contribution in [-0.4, -0.2) is 36.8 Å². The molecule has 1 aromatic carbocycles. The Bertz CT molecular complexity index is 820. The van der Waals surface area contributed by atoms with Crippen molar-refractivity contribution in [2.45, 2.75) is 44.7 Å². The van der Waals surface area contributed by atoms with Gasteiger partial charge in [-0.15, -0.1) is 0 Å². The first kappa shape index (κ1) is 17.0. The minimum absolute atomic E-state index is 0.639. The van der Waals surface area contributed by atoms with E-state index < -0.39 is 0 Å². The molecule has 3 heterocycles. The number of hydrogen-bond donors (Lipinski definition) is 0. The summed E-state index contributed by atoms with van der Waals surface area (Å²) in [6, 6.07) is 11.0. The van der Waals surface area contributed by atoms with E-state index in [1.807, 2.05) is 29.3 Å². The van der Waals surface area contributed by atoms with Gasteiger partial charge in [-0.1, -0.05) is 24.6 Å².